The van der Waals surface area contributed by atoms with Gasteiger partial charge in [0.1, 0.15) is 10.7 Å². The van der Waals surface area contributed by atoms with Crippen molar-refractivity contribution in [1.82, 2.24) is 9.62 Å². The zero-order chi connectivity index (χ0) is 22.1. The monoisotopic (exact) mass is 430 g/mol. The van der Waals surface area contributed by atoms with Crippen molar-refractivity contribution in [1.29, 1.82) is 0 Å². The molecule has 6 nitrogen and oxygen atoms in total. The number of carbonyl (C=O) groups excluding carboxylic acids is 2. The van der Waals surface area contributed by atoms with Crippen molar-refractivity contribution in [2.24, 2.45) is 0 Å². The third kappa shape index (κ3) is 4.14. The maximum Gasteiger partial charge on any atom is 0.268 e. The molecule has 1 heterocycles. The van der Waals surface area contributed by atoms with Gasteiger partial charge in [0.05, 0.1) is 6.54 Å². The van der Waals surface area contributed by atoms with Crippen molar-refractivity contribution in [3.63, 3.8) is 0 Å². The van der Waals surface area contributed by atoms with Crippen molar-refractivity contribution >= 4 is 26.7 Å². The molecule has 0 saturated heterocycles. The molecule has 0 saturated carbocycles. The first kappa shape index (κ1) is 21.7. The molecule has 1 N–H and O–H groups in total. The van der Waals surface area contributed by atoms with Gasteiger partial charge in [-0.05, 0) is 55.7 Å². The highest BCUT2D eigenvalue weighted by molar-refractivity contribution is 7.99. The summed E-state index contributed by atoms with van der Waals surface area (Å²) in [7, 11) is -4.07. The number of amides is 2. The van der Waals surface area contributed by atoms with Crippen molar-refractivity contribution in [3.05, 3.63) is 76.6 Å². The summed E-state index contributed by atoms with van der Waals surface area (Å²) < 4.78 is 40.1. The largest absolute Gasteiger partial charge is 0.350 e. The lowest BCUT2D eigenvalue weighted by molar-refractivity contribution is -0.122. The first-order valence-corrected chi connectivity index (χ1v) is 11.0. The number of carbonyl (C=O) groups is 2. The molecule has 0 radical (unpaired) electrons. The second-order valence-electron chi connectivity index (χ2n) is 7.26. The molecule has 1 aliphatic heterocycles. The van der Waals surface area contributed by atoms with Crippen molar-refractivity contribution in [2.45, 2.75) is 39.8 Å². The quantitative estimate of drug-likeness (QED) is 0.761. The standard InChI is InChI=1S/C22H23FN2O4S/c1-4-14(2)24-21(26)18-7-5-16(6-8-18)13-25-22(27)15(3)20(30(25,28)29)17-9-11-19(23)12-10-17/h5-12,14H,4,13H2,1-3H3,(H,24,26)/t14-/m0/s1. The van der Waals surface area contributed by atoms with Crippen LogP contribution in [0, 0.1) is 5.82 Å². The zero-order valence-corrected chi connectivity index (χ0v) is 17.8. The number of nitrogens with zero attached hydrogens (tertiary/aromatic N) is 1. The maximum atomic E-state index is 13.2. The van der Waals surface area contributed by atoms with Crippen LogP contribution in [0.3, 0.4) is 0 Å². The van der Waals surface area contributed by atoms with E-state index in [0.717, 1.165) is 22.9 Å². The Bertz CT molecular complexity index is 1110. The summed E-state index contributed by atoms with van der Waals surface area (Å²) in [6.45, 7) is 5.17. The van der Waals surface area contributed by atoms with E-state index >= 15 is 0 Å². The molecule has 0 bridgehead atoms. The van der Waals surface area contributed by atoms with Gasteiger partial charge in [0, 0.05) is 17.2 Å². The smallest absolute Gasteiger partial charge is 0.268 e. The van der Waals surface area contributed by atoms with E-state index in [2.05, 4.69) is 5.32 Å². The summed E-state index contributed by atoms with van der Waals surface area (Å²) in [6, 6.07) is 11.5. The van der Waals surface area contributed by atoms with Crippen molar-refractivity contribution < 1.29 is 22.4 Å². The molecule has 0 fully saturated rings. The SMILES string of the molecule is CC[C@H](C)NC(=O)c1ccc(CN2C(=O)C(C)=C(c3ccc(F)cc3)S2(=O)=O)cc1. The Morgan fingerprint density at radius 2 is 1.70 bits per heavy atom. The molecule has 2 aromatic rings. The number of sulfonamides is 1. The summed E-state index contributed by atoms with van der Waals surface area (Å²) in [5.41, 5.74) is 1.38. The highest BCUT2D eigenvalue weighted by Gasteiger charge is 2.42. The minimum absolute atomic E-state index is 0.0449. The second-order valence-corrected chi connectivity index (χ2v) is 9.06. The van der Waals surface area contributed by atoms with Crippen LogP contribution in [-0.2, 0) is 21.4 Å². The number of hydrogen-bond donors (Lipinski definition) is 1. The average molecular weight is 431 g/mol. The summed E-state index contributed by atoms with van der Waals surface area (Å²) in [4.78, 5) is 24.7. The molecule has 30 heavy (non-hydrogen) atoms. The van der Waals surface area contributed by atoms with Crippen LogP contribution in [0.1, 0.15) is 48.7 Å². The van der Waals surface area contributed by atoms with Crippen LogP contribution in [0.4, 0.5) is 4.39 Å². The molecular weight excluding hydrogens is 407 g/mol. The fourth-order valence-electron chi connectivity index (χ4n) is 3.16. The Morgan fingerprint density at radius 3 is 2.27 bits per heavy atom. The van der Waals surface area contributed by atoms with Gasteiger partial charge in [-0.15, -0.1) is 0 Å². The van der Waals surface area contributed by atoms with E-state index in [4.69, 9.17) is 0 Å². The van der Waals surface area contributed by atoms with Gasteiger partial charge in [0.25, 0.3) is 21.8 Å². The van der Waals surface area contributed by atoms with Gasteiger partial charge in [0.15, 0.2) is 0 Å². The number of hydrogen-bond acceptors (Lipinski definition) is 4. The number of nitrogens with one attached hydrogen (secondary N) is 1. The molecular formula is C22H23FN2O4S. The fourth-order valence-corrected chi connectivity index (χ4v) is 4.96. The van der Waals surface area contributed by atoms with E-state index in [0.29, 0.717) is 11.1 Å². The Labute approximate surface area is 175 Å². The minimum Gasteiger partial charge on any atom is -0.350 e. The first-order valence-electron chi connectivity index (χ1n) is 9.58. The lowest BCUT2D eigenvalue weighted by Crippen LogP contribution is -2.32. The van der Waals surface area contributed by atoms with Gasteiger partial charge < -0.3 is 5.32 Å². The third-order valence-corrected chi connectivity index (χ3v) is 7.01. The van der Waals surface area contributed by atoms with Gasteiger partial charge >= 0.3 is 0 Å². The summed E-state index contributed by atoms with van der Waals surface area (Å²) in [5.74, 6) is -1.32. The van der Waals surface area contributed by atoms with Crippen LogP contribution < -0.4 is 5.32 Å². The van der Waals surface area contributed by atoms with Crippen molar-refractivity contribution in [2.75, 3.05) is 0 Å². The lowest BCUT2D eigenvalue weighted by Gasteiger charge is -2.17. The van der Waals surface area contributed by atoms with Crippen LogP contribution in [0.5, 0.6) is 0 Å². The summed E-state index contributed by atoms with van der Waals surface area (Å²) >= 11 is 0. The molecule has 158 valence electrons. The highest BCUT2D eigenvalue weighted by atomic mass is 32.2. The van der Waals surface area contributed by atoms with Gasteiger partial charge in [-0.25, -0.2) is 17.1 Å². The zero-order valence-electron chi connectivity index (χ0n) is 17.0. The van der Waals surface area contributed by atoms with Gasteiger partial charge in [-0.2, -0.15) is 0 Å². The van der Waals surface area contributed by atoms with E-state index in [1.54, 1.807) is 24.3 Å². The normalized spacial score (nSPS) is 16.7. The van der Waals surface area contributed by atoms with E-state index in [1.807, 2.05) is 13.8 Å². The van der Waals surface area contributed by atoms with E-state index < -0.39 is 21.7 Å². The first-order chi connectivity index (χ1) is 14.1. The van der Waals surface area contributed by atoms with Gasteiger partial charge in [0.2, 0.25) is 0 Å². The molecule has 0 unspecified atom stereocenters. The topological polar surface area (TPSA) is 83.6 Å². The van der Waals surface area contributed by atoms with E-state index in [9.17, 15) is 22.4 Å². The van der Waals surface area contributed by atoms with Crippen LogP contribution in [0.2, 0.25) is 0 Å². The third-order valence-electron chi connectivity index (χ3n) is 5.07. The Balaban J connectivity index is 1.82. The minimum atomic E-state index is -4.07. The lowest BCUT2D eigenvalue weighted by atomic mass is 10.1. The number of halogens is 1. The predicted octanol–water partition coefficient (Wildman–Crippen LogP) is 3.46. The molecule has 8 heteroatoms. The predicted molar refractivity (Wildman–Crippen MR) is 112 cm³/mol. The summed E-state index contributed by atoms with van der Waals surface area (Å²) in [6.07, 6.45) is 0.807. The van der Waals surface area contributed by atoms with Crippen LogP contribution in [0.15, 0.2) is 54.1 Å². The van der Waals surface area contributed by atoms with E-state index in [1.165, 1.54) is 19.1 Å². The fraction of sp³-hybridized carbons (Fsp3) is 0.273. The number of benzene rings is 2. The highest BCUT2D eigenvalue weighted by Crippen LogP contribution is 2.36. The average Bonchev–Trinajstić information content (AvgIpc) is 2.88. The Kier molecular flexibility index (Phi) is 6.07. The Morgan fingerprint density at radius 1 is 1.10 bits per heavy atom. The molecule has 0 aromatic heterocycles. The Hall–Kier alpha value is -3.00. The molecule has 3 rings (SSSR count). The van der Waals surface area contributed by atoms with Crippen LogP contribution >= 0.6 is 0 Å². The molecule has 1 atom stereocenters. The van der Waals surface area contributed by atoms with Crippen molar-refractivity contribution in [3.8, 4) is 0 Å². The molecule has 0 spiro atoms. The number of rotatable bonds is 6. The van der Waals surface area contributed by atoms with Crippen LogP contribution in [-0.4, -0.2) is 30.6 Å². The molecule has 2 amide bonds. The second kappa shape index (κ2) is 8.39. The molecule has 0 aliphatic carbocycles. The molecule has 1 aliphatic rings. The van der Waals surface area contributed by atoms with E-state index in [-0.39, 0.29) is 34.5 Å². The van der Waals surface area contributed by atoms with Gasteiger partial charge in [-0.3, -0.25) is 9.59 Å². The summed E-state index contributed by atoms with van der Waals surface area (Å²) in [5, 5.41) is 2.86. The molecule has 2 aromatic carbocycles. The van der Waals surface area contributed by atoms with Crippen LogP contribution in [0.25, 0.3) is 4.91 Å². The van der Waals surface area contributed by atoms with Gasteiger partial charge in [-0.1, -0.05) is 31.2 Å². The maximum absolute atomic E-state index is 13.2.